The number of methoxy groups -OCH3 is 1. The lowest BCUT2D eigenvalue weighted by Crippen LogP contribution is -2.23. The van der Waals surface area contributed by atoms with E-state index in [2.05, 4.69) is 36.1 Å². The zero-order valence-electron chi connectivity index (χ0n) is 12.2. The number of aryl methyl sites for hydroxylation is 1. The van der Waals surface area contributed by atoms with E-state index in [1.54, 1.807) is 7.11 Å². The van der Waals surface area contributed by atoms with E-state index in [4.69, 9.17) is 4.74 Å². The average Bonchev–Trinajstić information content (AvgIpc) is 2.35. The van der Waals surface area contributed by atoms with Crippen molar-refractivity contribution in [2.75, 3.05) is 7.11 Å². The Balaban J connectivity index is 2.84. The van der Waals surface area contributed by atoms with E-state index in [0.717, 1.165) is 36.5 Å². The third kappa shape index (κ3) is 4.35. The summed E-state index contributed by atoms with van der Waals surface area (Å²) in [6.45, 7) is 9.23. The van der Waals surface area contributed by atoms with Crippen molar-refractivity contribution < 1.29 is 4.74 Å². The smallest absolute Gasteiger partial charge is 0.157 e. The molecule has 1 aromatic heterocycles. The van der Waals surface area contributed by atoms with Gasteiger partial charge in [-0.05, 0) is 18.9 Å². The first-order chi connectivity index (χ1) is 8.58. The zero-order valence-corrected chi connectivity index (χ0v) is 12.2. The van der Waals surface area contributed by atoms with Crippen LogP contribution in [0, 0.1) is 6.92 Å². The lowest BCUT2D eigenvalue weighted by molar-refractivity contribution is 0.0873. The minimum Gasteiger partial charge on any atom is -0.373 e. The van der Waals surface area contributed by atoms with Crippen LogP contribution in [0.25, 0.3) is 0 Å². The molecule has 4 heteroatoms. The largest absolute Gasteiger partial charge is 0.373 e. The van der Waals surface area contributed by atoms with Crippen LogP contribution in [0.4, 0.5) is 0 Å². The zero-order chi connectivity index (χ0) is 13.5. The van der Waals surface area contributed by atoms with E-state index in [-0.39, 0.29) is 6.10 Å². The molecule has 1 atom stereocenters. The standard InChI is InChI=1S/C14H25N3O/c1-6-7-13(18-5)14-16-8-11(4)12(17-14)9-15-10(2)3/h8,10,13,15H,6-7,9H2,1-5H3. The molecule has 1 rings (SSSR count). The van der Waals surface area contributed by atoms with Crippen LogP contribution in [0.2, 0.25) is 0 Å². The number of hydrogen-bond donors (Lipinski definition) is 1. The van der Waals surface area contributed by atoms with E-state index < -0.39 is 0 Å². The molecule has 1 N–H and O–H groups in total. The first-order valence-electron chi connectivity index (χ1n) is 6.67. The number of nitrogens with one attached hydrogen (secondary N) is 1. The summed E-state index contributed by atoms with van der Waals surface area (Å²) in [6.07, 6.45) is 3.92. The van der Waals surface area contributed by atoms with E-state index in [0.29, 0.717) is 6.04 Å². The van der Waals surface area contributed by atoms with Gasteiger partial charge in [0.1, 0.15) is 6.10 Å². The van der Waals surface area contributed by atoms with Crippen molar-refractivity contribution in [3.05, 3.63) is 23.3 Å². The Bertz CT molecular complexity index is 366. The van der Waals surface area contributed by atoms with E-state index in [1.165, 1.54) is 0 Å². The fourth-order valence-corrected chi connectivity index (χ4v) is 1.74. The molecule has 0 saturated heterocycles. The number of ether oxygens (including phenoxy) is 1. The first-order valence-corrected chi connectivity index (χ1v) is 6.67. The Hall–Kier alpha value is -1.00. The molecule has 0 aromatic carbocycles. The highest BCUT2D eigenvalue weighted by Gasteiger charge is 2.14. The molecule has 0 radical (unpaired) electrons. The fraction of sp³-hybridized carbons (Fsp3) is 0.714. The minimum atomic E-state index is 0.00778. The molecule has 0 spiro atoms. The molecule has 102 valence electrons. The second kappa shape index (κ2) is 7.44. The quantitative estimate of drug-likeness (QED) is 0.809. The van der Waals surface area contributed by atoms with Gasteiger partial charge in [0.25, 0.3) is 0 Å². The lowest BCUT2D eigenvalue weighted by Gasteiger charge is -2.15. The molecular formula is C14H25N3O. The SMILES string of the molecule is CCCC(OC)c1ncc(C)c(CNC(C)C)n1. The number of hydrogen-bond acceptors (Lipinski definition) is 4. The third-order valence-electron chi connectivity index (χ3n) is 2.90. The van der Waals surface area contributed by atoms with Gasteiger partial charge in [-0.2, -0.15) is 0 Å². The summed E-state index contributed by atoms with van der Waals surface area (Å²) < 4.78 is 5.45. The summed E-state index contributed by atoms with van der Waals surface area (Å²) in [6, 6.07) is 0.455. The molecular weight excluding hydrogens is 226 g/mol. The third-order valence-corrected chi connectivity index (χ3v) is 2.90. The minimum absolute atomic E-state index is 0.00778. The second-order valence-corrected chi connectivity index (χ2v) is 4.91. The van der Waals surface area contributed by atoms with Crippen LogP contribution in [0.1, 0.15) is 56.8 Å². The summed E-state index contributed by atoms with van der Waals surface area (Å²) in [5.74, 6) is 0.797. The molecule has 1 aromatic rings. The summed E-state index contributed by atoms with van der Waals surface area (Å²) in [5.41, 5.74) is 2.19. The van der Waals surface area contributed by atoms with Gasteiger partial charge in [-0.1, -0.05) is 27.2 Å². The summed E-state index contributed by atoms with van der Waals surface area (Å²) in [4.78, 5) is 9.03. The Labute approximate surface area is 110 Å². The summed E-state index contributed by atoms with van der Waals surface area (Å²) in [7, 11) is 1.72. The number of rotatable bonds is 7. The Morgan fingerprint density at radius 2 is 2.11 bits per heavy atom. The maximum absolute atomic E-state index is 5.45. The average molecular weight is 251 g/mol. The highest BCUT2D eigenvalue weighted by Crippen LogP contribution is 2.19. The molecule has 0 aliphatic heterocycles. The van der Waals surface area contributed by atoms with Crippen molar-refractivity contribution in [2.45, 2.75) is 59.2 Å². The molecule has 4 nitrogen and oxygen atoms in total. The second-order valence-electron chi connectivity index (χ2n) is 4.91. The molecule has 0 aliphatic rings. The van der Waals surface area contributed by atoms with Gasteiger partial charge >= 0.3 is 0 Å². The van der Waals surface area contributed by atoms with Crippen LogP contribution in [-0.4, -0.2) is 23.1 Å². The van der Waals surface area contributed by atoms with Gasteiger partial charge < -0.3 is 10.1 Å². The van der Waals surface area contributed by atoms with Crippen molar-refractivity contribution in [1.29, 1.82) is 0 Å². The van der Waals surface area contributed by atoms with Crippen molar-refractivity contribution in [2.24, 2.45) is 0 Å². The summed E-state index contributed by atoms with van der Waals surface area (Å²) >= 11 is 0. The monoisotopic (exact) mass is 251 g/mol. The van der Waals surface area contributed by atoms with E-state index in [9.17, 15) is 0 Å². The molecule has 1 unspecified atom stereocenters. The van der Waals surface area contributed by atoms with E-state index in [1.807, 2.05) is 13.1 Å². The van der Waals surface area contributed by atoms with Gasteiger partial charge in [-0.3, -0.25) is 0 Å². The van der Waals surface area contributed by atoms with Gasteiger partial charge in [-0.25, -0.2) is 9.97 Å². The summed E-state index contributed by atoms with van der Waals surface area (Å²) in [5, 5.41) is 3.39. The topological polar surface area (TPSA) is 47.0 Å². The van der Waals surface area contributed by atoms with Gasteiger partial charge in [-0.15, -0.1) is 0 Å². The molecule has 0 bridgehead atoms. The Morgan fingerprint density at radius 3 is 2.67 bits per heavy atom. The highest BCUT2D eigenvalue weighted by molar-refractivity contribution is 5.16. The maximum atomic E-state index is 5.45. The molecule has 0 amide bonds. The van der Waals surface area contributed by atoms with Crippen LogP contribution in [-0.2, 0) is 11.3 Å². The van der Waals surface area contributed by atoms with Crippen molar-refractivity contribution in [3.63, 3.8) is 0 Å². The predicted molar refractivity (Wildman–Crippen MR) is 73.4 cm³/mol. The lowest BCUT2D eigenvalue weighted by atomic mass is 10.1. The molecule has 18 heavy (non-hydrogen) atoms. The van der Waals surface area contributed by atoms with Crippen LogP contribution in [0.5, 0.6) is 0 Å². The van der Waals surface area contributed by atoms with Gasteiger partial charge in [0.2, 0.25) is 0 Å². The normalized spacial score (nSPS) is 13.0. The van der Waals surface area contributed by atoms with Gasteiger partial charge in [0.15, 0.2) is 5.82 Å². The Morgan fingerprint density at radius 1 is 1.39 bits per heavy atom. The Kier molecular flexibility index (Phi) is 6.22. The van der Waals surface area contributed by atoms with Crippen molar-refractivity contribution in [1.82, 2.24) is 15.3 Å². The maximum Gasteiger partial charge on any atom is 0.157 e. The predicted octanol–water partition coefficient (Wildman–Crippen LogP) is 2.77. The molecule has 1 heterocycles. The van der Waals surface area contributed by atoms with E-state index >= 15 is 0 Å². The van der Waals surface area contributed by atoms with Crippen molar-refractivity contribution >= 4 is 0 Å². The highest BCUT2D eigenvalue weighted by atomic mass is 16.5. The van der Waals surface area contributed by atoms with Gasteiger partial charge in [0, 0.05) is 25.9 Å². The fourth-order valence-electron chi connectivity index (χ4n) is 1.74. The van der Waals surface area contributed by atoms with Gasteiger partial charge in [0.05, 0.1) is 5.69 Å². The number of nitrogens with zero attached hydrogens (tertiary/aromatic N) is 2. The van der Waals surface area contributed by atoms with Crippen molar-refractivity contribution in [3.8, 4) is 0 Å². The van der Waals surface area contributed by atoms with Crippen LogP contribution in [0.15, 0.2) is 6.20 Å². The van der Waals surface area contributed by atoms with Crippen LogP contribution < -0.4 is 5.32 Å². The van der Waals surface area contributed by atoms with Crippen LogP contribution >= 0.6 is 0 Å². The number of aromatic nitrogens is 2. The first kappa shape index (κ1) is 15.1. The molecule has 0 aliphatic carbocycles. The van der Waals surface area contributed by atoms with Crippen LogP contribution in [0.3, 0.4) is 0 Å². The molecule has 0 fully saturated rings. The molecule has 0 saturated carbocycles.